The van der Waals surface area contributed by atoms with Gasteiger partial charge in [0.05, 0.1) is 23.5 Å². The van der Waals surface area contributed by atoms with Crippen LogP contribution in [0.5, 0.6) is 0 Å². The molecule has 0 radical (unpaired) electrons. The molecule has 1 aromatic heterocycles. The topological polar surface area (TPSA) is 61.1 Å². The van der Waals surface area contributed by atoms with E-state index in [0.717, 1.165) is 33.1 Å². The zero-order valence-electron chi connectivity index (χ0n) is 14.9. The fraction of sp³-hybridized carbons (Fsp3) is 0. The van der Waals surface area contributed by atoms with E-state index < -0.39 is 0 Å². The minimum atomic E-state index is 0.649. The summed E-state index contributed by atoms with van der Waals surface area (Å²) in [4.78, 5) is 4.56. The minimum absolute atomic E-state index is 0.649. The number of hydrazone groups is 1. The molecular weight excluding hydrogens is 364 g/mol. The number of aromatic nitrogens is 1. The van der Waals surface area contributed by atoms with Crippen LogP contribution < -0.4 is 5.43 Å². The lowest BCUT2D eigenvalue weighted by Crippen LogP contribution is -1.91. The molecule has 4 aromatic rings. The maximum atomic E-state index is 9.08. The van der Waals surface area contributed by atoms with E-state index in [1.165, 1.54) is 11.3 Å². The van der Waals surface area contributed by atoms with E-state index >= 15 is 0 Å². The second-order valence-corrected chi connectivity index (χ2v) is 6.95. The molecule has 4 rings (SSSR count). The Hall–Kier alpha value is -3.75. The van der Waals surface area contributed by atoms with Gasteiger partial charge in [-0.05, 0) is 34.9 Å². The van der Waals surface area contributed by atoms with Crippen LogP contribution in [-0.4, -0.2) is 11.2 Å². The first kappa shape index (κ1) is 17.7. The standard InChI is InChI=1S/C23H16N4S/c24-14-17-6-4-10-20(12-17)21-11-5-7-18(13-21)15-25-27-23-26-22(16-28-23)19-8-2-1-3-9-19/h1-13,15-16H,(H,26,27). The SMILES string of the molecule is N#Cc1cccc(-c2cccc(C=NNc3nc(-c4ccccc4)cs3)c2)c1. The van der Waals surface area contributed by atoms with Crippen LogP contribution in [-0.2, 0) is 0 Å². The predicted molar refractivity (Wildman–Crippen MR) is 115 cm³/mol. The van der Waals surface area contributed by atoms with Gasteiger partial charge in [0.15, 0.2) is 0 Å². The number of benzene rings is 3. The smallest absolute Gasteiger partial charge is 0.203 e. The quantitative estimate of drug-likeness (QED) is 0.352. The largest absolute Gasteiger partial charge is 0.253 e. The first-order chi connectivity index (χ1) is 13.8. The molecule has 0 atom stereocenters. The normalized spacial score (nSPS) is 10.7. The molecule has 0 saturated carbocycles. The van der Waals surface area contributed by atoms with Crippen molar-refractivity contribution in [3.05, 3.63) is 95.4 Å². The van der Waals surface area contributed by atoms with E-state index in [1.54, 1.807) is 12.3 Å². The van der Waals surface area contributed by atoms with Gasteiger partial charge in [-0.1, -0.05) is 60.7 Å². The molecule has 0 aliphatic rings. The summed E-state index contributed by atoms with van der Waals surface area (Å²) < 4.78 is 0. The fourth-order valence-electron chi connectivity index (χ4n) is 2.80. The van der Waals surface area contributed by atoms with Gasteiger partial charge in [-0.3, -0.25) is 5.43 Å². The average molecular weight is 380 g/mol. The van der Waals surface area contributed by atoms with E-state index in [9.17, 15) is 0 Å². The minimum Gasteiger partial charge on any atom is -0.253 e. The molecule has 0 amide bonds. The highest BCUT2D eigenvalue weighted by atomic mass is 32.1. The van der Waals surface area contributed by atoms with Crippen molar-refractivity contribution in [2.45, 2.75) is 0 Å². The first-order valence-corrected chi connectivity index (χ1v) is 9.60. The molecule has 0 spiro atoms. The second kappa shape index (κ2) is 8.30. The highest BCUT2D eigenvalue weighted by molar-refractivity contribution is 7.14. The van der Waals surface area contributed by atoms with Crippen LogP contribution in [0.2, 0.25) is 0 Å². The lowest BCUT2D eigenvalue weighted by Gasteiger charge is -2.03. The van der Waals surface area contributed by atoms with Gasteiger partial charge in [0.25, 0.3) is 0 Å². The summed E-state index contributed by atoms with van der Waals surface area (Å²) in [5, 5.41) is 16.1. The van der Waals surface area contributed by atoms with Crippen molar-refractivity contribution < 1.29 is 0 Å². The van der Waals surface area contributed by atoms with Crippen LogP contribution in [0.1, 0.15) is 11.1 Å². The van der Waals surface area contributed by atoms with Crippen molar-refractivity contribution in [3.63, 3.8) is 0 Å². The van der Waals surface area contributed by atoms with Crippen molar-refractivity contribution >= 4 is 22.7 Å². The first-order valence-electron chi connectivity index (χ1n) is 8.72. The Labute approximate surface area is 167 Å². The van der Waals surface area contributed by atoms with E-state index in [1.807, 2.05) is 78.2 Å². The van der Waals surface area contributed by atoms with Crippen LogP contribution in [0.4, 0.5) is 5.13 Å². The zero-order chi connectivity index (χ0) is 19.2. The average Bonchev–Trinajstić information content (AvgIpc) is 3.24. The maximum Gasteiger partial charge on any atom is 0.203 e. The van der Waals surface area contributed by atoms with E-state index in [4.69, 9.17) is 5.26 Å². The van der Waals surface area contributed by atoms with Crippen molar-refractivity contribution in [2.24, 2.45) is 5.10 Å². The number of nitrogens with zero attached hydrogens (tertiary/aromatic N) is 3. The summed E-state index contributed by atoms with van der Waals surface area (Å²) in [6.07, 6.45) is 1.77. The number of nitrogens with one attached hydrogen (secondary N) is 1. The van der Waals surface area contributed by atoms with Crippen molar-refractivity contribution in [2.75, 3.05) is 5.43 Å². The van der Waals surface area contributed by atoms with Gasteiger partial charge in [0, 0.05) is 10.9 Å². The van der Waals surface area contributed by atoms with Gasteiger partial charge >= 0.3 is 0 Å². The van der Waals surface area contributed by atoms with E-state index in [-0.39, 0.29) is 0 Å². The fourth-order valence-corrected chi connectivity index (χ4v) is 3.46. The Bertz CT molecular complexity index is 1160. The Balaban J connectivity index is 1.47. The third-order valence-electron chi connectivity index (χ3n) is 4.16. The molecule has 0 unspecified atom stereocenters. The third-order valence-corrected chi connectivity index (χ3v) is 4.91. The summed E-state index contributed by atoms with van der Waals surface area (Å²) in [5.74, 6) is 0. The molecule has 1 heterocycles. The Morgan fingerprint density at radius 1 is 0.893 bits per heavy atom. The van der Waals surface area contributed by atoms with Gasteiger partial charge in [0.1, 0.15) is 0 Å². The molecule has 4 nitrogen and oxygen atoms in total. The second-order valence-electron chi connectivity index (χ2n) is 6.09. The molecule has 0 aliphatic heterocycles. The molecule has 0 saturated heterocycles. The summed E-state index contributed by atoms with van der Waals surface area (Å²) in [5.41, 5.74) is 8.68. The molecular formula is C23H16N4S. The Kier molecular flexibility index (Phi) is 5.23. The lowest BCUT2D eigenvalue weighted by atomic mass is 10.0. The molecule has 0 bridgehead atoms. The maximum absolute atomic E-state index is 9.08. The van der Waals surface area contributed by atoms with Crippen molar-refractivity contribution in [1.82, 2.24) is 4.98 Å². The Morgan fingerprint density at radius 3 is 2.46 bits per heavy atom. The highest BCUT2D eigenvalue weighted by Gasteiger charge is 2.03. The number of rotatable bonds is 5. The number of nitriles is 1. The third kappa shape index (κ3) is 4.14. The van der Waals surface area contributed by atoms with Gasteiger partial charge in [-0.25, -0.2) is 4.98 Å². The Morgan fingerprint density at radius 2 is 1.64 bits per heavy atom. The molecule has 0 aliphatic carbocycles. The molecule has 1 N–H and O–H groups in total. The van der Waals surface area contributed by atoms with Crippen LogP contribution >= 0.6 is 11.3 Å². The highest BCUT2D eigenvalue weighted by Crippen LogP contribution is 2.24. The van der Waals surface area contributed by atoms with Gasteiger partial charge in [-0.15, -0.1) is 11.3 Å². The number of hydrogen-bond acceptors (Lipinski definition) is 5. The monoisotopic (exact) mass is 380 g/mol. The molecule has 134 valence electrons. The lowest BCUT2D eigenvalue weighted by molar-refractivity contribution is 1.29. The number of thiazole rings is 1. The summed E-state index contributed by atoms with van der Waals surface area (Å²) >= 11 is 1.52. The van der Waals surface area contributed by atoms with E-state index in [2.05, 4.69) is 21.6 Å². The molecule has 0 fully saturated rings. The van der Waals surface area contributed by atoms with Crippen molar-refractivity contribution in [3.8, 4) is 28.5 Å². The summed E-state index contributed by atoms with van der Waals surface area (Å²) in [6.45, 7) is 0. The van der Waals surface area contributed by atoms with Crippen molar-refractivity contribution in [1.29, 1.82) is 5.26 Å². The molecule has 28 heavy (non-hydrogen) atoms. The summed E-state index contributed by atoms with van der Waals surface area (Å²) in [7, 11) is 0. The summed E-state index contributed by atoms with van der Waals surface area (Å²) in [6, 6.07) is 27.8. The van der Waals surface area contributed by atoms with Crippen LogP contribution in [0.25, 0.3) is 22.4 Å². The van der Waals surface area contributed by atoms with Gasteiger partial charge in [0.2, 0.25) is 5.13 Å². The van der Waals surface area contributed by atoms with E-state index in [0.29, 0.717) is 5.56 Å². The van der Waals surface area contributed by atoms with Crippen LogP contribution in [0.15, 0.2) is 89.3 Å². The number of hydrogen-bond donors (Lipinski definition) is 1. The van der Waals surface area contributed by atoms with Gasteiger partial charge in [-0.2, -0.15) is 10.4 Å². The van der Waals surface area contributed by atoms with Gasteiger partial charge < -0.3 is 0 Å². The van der Waals surface area contributed by atoms with Crippen LogP contribution in [0, 0.1) is 11.3 Å². The molecule has 3 aromatic carbocycles. The predicted octanol–water partition coefficient (Wildman–Crippen LogP) is 5.79. The zero-order valence-corrected chi connectivity index (χ0v) is 15.7. The number of anilines is 1. The molecule has 5 heteroatoms. The van der Waals surface area contributed by atoms with Crippen LogP contribution in [0.3, 0.4) is 0 Å².